The van der Waals surface area contributed by atoms with Crippen molar-refractivity contribution in [2.24, 2.45) is 0 Å². The zero-order valence-corrected chi connectivity index (χ0v) is 11.1. The monoisotopic (exact) mass is 271 g/mol. The summed E-state index contributed by atoms with van der Waals surface area (Å²) in [7, 11) is 1.40. The number of carbonyl (C=O) groups excluding carboxylic acids is 2. The normalized spacial score (nSPS) is 11.8. The van der Waals surface area contributed by atoms with Crippen LogP contribution in [-0.4, -0.2) is 25.0 Å². The van der Waals surface area contributed by atoms with Crippen molar-refractivity contribution in [3.63, 3.8) is 0 Å². The molecule has 0 spiro atoms. The second-order valence-electron chi connectivity index (χ2n) is 3.73. The smallest absolute Gasteiger partial charge is 0.342 e. The van der Waals surface area contributed by atoms with Gasteiger partial charge < -0.3 is 15.2 Å². The fraction of sp³-hybridized carbons (Fsp3) is 0.333. The average molecular weight is 272 g/mol. The number of carbonyl (C=O) groups is 2. The molecule has 1 rings (SSSR count). The molecule has 0 heterocycles. The molecule has 0 aliphatic heterocycles. The Hall–Kier alpha value is -1.75. The molecule has 0 saturated heterocycles. The molecule has 1 atom stereocenters. The lowest BCUT2D eigenvalue weighted by Gasteiger charge is -2.13. The van der Waals surface area contributed by atoms with E-state index in [0.29, 0.717) is 5.69 Å². The first kappa shape index (κ1) is 14.3. The highest BCUT2D eigenvalue weighted by molar-refractivity contribution is 6.33. The van der Waals surface area contributed by atoms with Gasteiger partial charge in [-0.25, -0.2) is 4.79 Å². The highest BCUT2D eigenvalue weighted by atomic mass is 35.5. The van der Waals surface area contributed by atoms with Gasteiger partial charge in [-0.1, -0.05) is 11.6 Å². The van der Waals surface area contributed by atoms with Crippen LogP contribution in [0.5, 0.6) is 5.75 Å². The van der Waals surface area contributed by atoms with E-state index in [0.717, 1.165) is 0 Å². The molecule has 0 aliphatic rings. The van der Waals surface area contributed by atoms with Crippen LogP contribution in [-0.2, 0) is 9.53 Å². The third kappa shape index (κ3) is 3.13. The van der Waals surface area contributed by atoms with E-state index in [4.69, 9.17) is 26.8 Å². The number of hydrogen-bond donors (Lipinski definition) is 1. The van der Waals surface area contributed by atoms with Crippen molar-refractivity contribution >= 4 is 29.0 Å². The van der Waals surface area contributed by atoms with Gasteiger partial charge in [-0.15, -0.1) is 0 Å². The molecule has 5 nitrogen and oxygen atoms in total. The molecular formula is C12H14ClNO4. The van der Waals surface area contributed by atoms with E-state index in [2.05, 4.69) is 0 Å². The van der Waals surface area contributed by atoms with E-state index < -0.39 is 12.1 Å². The number of anilines is 1. The van der Waals surface area contributed by atoms with Crippen LogP contribution < -0.4 is 10.5 Å². The largest absolute Gasteiger partial charge is 0.496 e. The van der Waals surface area contributed by atoms with Gasteiger partial charge in [0.25, 0.3) is 0 Å². The number of nitrogen functional groups attached to an aromatic ring is 1. The number of esters is 1. The van der Waals surface area contributed by atoms with E-state index in [1.54, 1.807) is 0 Å². The Kier molecular flexibility index (Phi) is 4.55. The Balaban J connectivity index is 3.05. The van der Waals surface area contributed by atoms with Crippen molar-refractivity contribution in [1.82, 2.24) is 0 Å². The molecule has 98 valence electrons. The maximum Gasteiger partial charge on any atom is 0.342 e. The van der Waals surface area contributed by atoms with Crippen LogP contribution in [0.15, 0.2) is 12.1 Å². The number of nitrogens with two attached hydrogens (primary N) is 1. The first-order valence-electron chi connectivity index (χ1n) is 5.21. The van der Waals surface area contributed by atoms with Crippen molar-refractivity contribution in [3.05, 3.63) is 22.7 Å². The van der Waals surface area contributed by atoms with Gasteiger partial charge in [0.2, 0.25) is 0 Å². The van der Waals surface area contributed by atoms with Gasteiger partial charge in [0, 0.05) is 6.07 Å². The second kappa shape index (κ2) is 5.73. The van der Waals surface area contributed by atoms with Crippen LogP contribution in [0.2, 0.25) is 5.02 Å². The van der Waals surface area contributed by atoms with Crippen molar-refractivity contribution in [1.29, 1.82) is 0 Å². The van der Waals surface area contributed by atoms with E-state index in [9.17, 15) is 9.59 Å². The fourth-order valence-electron chi connectivity index (χ4n) is 1.20. The summed E-state index contributed by atoms with van der Waals surface area (Å²) in [6.07, 6.45) is -0.821. The molecule has 1 aromatic carbocycles. The maximum absolute atomic E-state index is 11.8. The van der Waals surface area contributed by atoms with Gasteiger partial charge >= 0.3 is 5.97 Å². The molecule has 1 unspecified atom stereocenters. The van der Waals surface area contributed by atoms with Crippen molar-refractivity contribution in [2.75, 3.05) is 12.8 Å². The summed E-state index contributed by atoms with van der Waals surface area (Å²) in [5, 5.41) is 0.221. The lowest BCUT2D eigenvalue weighted by molar-refractivity contribution is -0.124. The summed E-state index contributed by atoms with van der Waals surface area (Å²) < 4.78 is 9.99. The summed E-state index contributed by atoms with van der Waals surface area (Å²) in [4.78, 5) is 22.9. The Morgan fingerprint density at radius 1 is 1.39 bits per heavy atom. The van der Waals surface area contributed by atoms with Gasteiger partial charge in [0.05, 0.1) is 17.8 Å². The van der Waals surface area contributed by atoms with Crippen LogP contribution in [0, 0.1) is 0 Å². The van der Waals surface area contributed by atoms with Gasteiger partial charge in [0.15, 0.2) is 11.9 Å². The van der Waals surface area contributed by atoms with Crippen molar-refractivity contribution < 1.29 is 19.1 Å². The SMILES string of the molecule is COc1cc(N)c(Cl)cc1C(=O)OC(C)C(C)=O. The number of hydrogen-bond acceptors (Lipinski definition) is 5. The number of methoxy groups -OCH3 is 1. The topological polar surface area (TPSA) is 78.6 Å². The molecule has 0 amide bonds. The summed E-state index contributed by atoms with van der Waals surface area (Å²) in [5.41, 5.74) is 6.02. The molecule has 0 radical (unpaired) electrons. The highest BCUT2D eigenvalue weighted by Gasteiger charge is 2.20. The van der Waals surface area contributed by atoms with Crippen LogP contribution in [0.25, 0.3) is 0 Å². The Morgan fingerprint density at radius 3 is 2.50 bits per heavy atom. The van der Waals surface area contributed by atoms with E-state index in [1.165, 1.54) is 33.1 Å². The summed E-state index contributed by atoms with van der Waals surface area (Å²) >= 11 is 5.83. The third-order valence-electron chi connectivity index (χ3n) is 2.40. The van der Waals surface area contributed by atoms with Crippen LogP contribution in [0.4, 0.5) is 5.69 Å². The van der Waals surface area contributed by atoms with E-state index >= 15 is 0 Å². The van der Waals surface area contributed by atoms with Gasteiger partial charge in [-0.3, -0.25) is 4.79 Å². The Morgan fingerprint density at radius 2 is 2.00 bits per heavy atom. The number of halogens is 1. The number of rotatable bonds is 4. The molecule has 0 fully saturated rings. The minimum absolute atomic E-state index is 0.129. The van der Waals surface area contributed by atoms with Gasteiger partial charge in [-0.2, -0.15) is 0 Å². The lowest BCUT2D eigenvalue weighted by Crippen LogP contribution is -2.22. The quantitative estimate of drug-likeness (QED) is 0.670. The predicted molar refractivity (Wildman–Crippen MR) is 68.0 cm³/mol. The lowest BCUT2D eigenvalue weighted by atomic mass is 10.1. The molecule has 0 bridgehead atoms. The number of ketones is 1. The first-order valence-corrected chi connectivity index (χ1v) is 5.59. The molecule has 0 aromatic heterocycles. The van der Waals surface area contributed by atoms with Gasteiger partial charge in [0.1, 0.15) is 11.3 Å². The molecule has 2 N–H and O–H groups in total. The van der Waals surface area contributed by atoms with Crippen LogP contribution in [0.3, 0.4) is 0 Å². The predicted octanol–water partition coefficient (Wildman–Crippen LogP) is 2.07. The van der Waals surface area contributed by atoms with Crippen LogP contribution >= 0.6 is 11.6 Å². The number of benzene rings is 1. The molecule has 6 heteroatoms. The molecule has 1 aromatic rings. The minimum atomic E-state index is -0.821. The zero-order chi connectivity index (χ0) is 13.9. The molecular weight excluding hydrogens is 258 g/mol. The van der Waals surface area contributed by atoms with Crippen molar-refractivity contribution in [3.8, 4) is 5.75 Å². The Labute approximate surface area is 110 Å². The maximum atomic E-state index is 11.8. The average Bonchev–Trinajstić information content (AvgIpc) is 2.31. The van der Waals surface area contributed by atoms with Gasteiger partial charge in [-0.05, 0) is 19.9 Å². The summed E-state index contributed by atoms with van der Waals surface area (Å²) in [6, 6.07) is 2.78. The number of Topliss-reactive ketones (excluding diaryl/α,β-unsaturated/α-hetero) is 1. The fourth-order valence-corrected chi connectivity index (χ4v) is 1.37. The molecule has 0 aliphatic carbocycles. The van der Waals surface area contributed by atoms with E-state index in [-0.39, 0.29) is 22.1 Å². The first-order chi connectivity index (χ1) is 8.36. The third-order valence-corrected chi connectivity index (χ3v) is 2.72. The standard InChI is InChI=1S/C12H14ClNO4/c1-6(15)7(2)18-12(16)8-4-9(13)10(14)5-11(8)17-3/h4-5,7H,14H2,1-3H3. The Bertz CT molecular complexity index is 487. The number of ether oxygens (including phenoxy) is 2. The second-order valence-corrected chi connectivity index (χ2v) is 4.14. The molecule has 0 saturated carbocycles. The minimum Gasteiger partial charge on any atom is -0.496 e. The van der Waals surface area contributed by atoms with Crippen LogP contribution in [0.1, 0.15) is 24.2 Å². The highest BCUT2D eigenvalue weighted by Crippen LogP contribution is 2.29. The zero-order valence-electron chi connectivity index (χ0n) is 10.3. The summed E-state index contributed by atoms with van der Waals surface area (Å²) in [6.45, 7) is 2.83. The molecule has 18 heavy (non-hydrogen) atoms. The van der Waals surface area contributed by atoms with E-state index in [1.807, 2.05) is 0 Å². The summed E-state index contributed by atoms with van der Waals surface area (Å²) in [5.74, 6) is -0.682. The van der Waals surface area contributed by atoms with Crippen molar-refractivity contribution in [2.45, 2.75) is 20.0 Å².